The maximum atomic E-state index is 14.1. The SMILES string of the molecule is Cc1nn(CC(=O)Nc2c(C)nn(Cc3c(F)cccc3Cl)c2C)cc1[N+](=O)[O-]. The summed E-state index contributed by atoms with van der Waals surface area (Å²) in [6.45, 7) is 4.87. The van der Waals surface area contributed by atoms with E-state index in [2.05, 4.69) is 15.5 Å². The van der Waals surface area contributed by atoms with Gasteiger partial charge in [-0.05, 0) is 32.9 Å². The Morgan fingerprint density at radius 3 is 2.62 bits per heavy atom. The molecule has 0 atom stereocenters. The van der Waals surface area contributed by atoms with E-state index in [1.807, 2.05) is 0 Å². The summed E-state index contributed by atoms with van der Waals surface area (Å²) in [6.07, 6.45) is 1.21. The largest absolute Gasteiger partial charge is 0.321 e. The first-order valence-electron chi connectivity index (χ1n) is 8.62. The third-order valence-electron chi connectivity index (χ3n) is 4.44. The zero-order chi connectivity index (χ0) is 21.3. The molecule has 1 amide bonds. The average molecular weight is 421 g/mol. The van der Waals surface area contributed by atoms with Crippen LogP contribution in [0.5, 0.6) is 0 Å². The van der Waals surface area contributed by atoms with Crippen molar-refractivity contribution < 1.29 is 14.1 Å². The molecule has 3 rings (SSSR count). The highest BCUT2D eigenvalue weighted by Gasteiger charge is 2.19. The molecule has 3 aromatic rings. The second-order valence-corrected chi connectivity index (χ2v) is 6.91. The van der Waals surface area contributed by atoms with Crippen molar-refractivity contribution in [1.29, 1.82) is 0 Å². The fourth-order valence-electron chi connectivity index (χ4n) is 2.96. The van der Waals surface area contributed by atoms with E-state index < -0.39 is 16.6 Å². The zero-order valence-electron chi connectivity index (χ0n) is 15.9. The number of benzene rings is 1. The van der Waals surface area contributed by atoms with Gasteiger partial charge in [-0.3, -0.25) is 24.3 Å². The number of aromatic nitrogens is 4. The third kappa shape index (κ3) is 4.27. The predicted octanol–water partition coefficient (Wildman–Crippen LogP) is 3.39. The summed E-state index contributed by atoms with van der Waals surface area (Å²) < 4.78 is 16.8. The number of rotatable bonds is 6. The highest BCUT2D eigenvalue weighted by molar-refractivity contribution is 6.31. The van der Waals surface area contributed by atoms with Crippen LogP contribution in [0.2, 0.25) is 5.02 Å². The lowest BCUT2D eigenvalue weighted by molar-refractivity contribution is -0.385. The summed E-state index contributed by atoms with van der Waals surface area (Å²) in [6, 6.07) is 4.44. The van der Waals surface area contributed by atoms with Crippen LogP contribution >= 0.6 is 11.6 Å². The molecular weight excluding hydrogens is 403 g/mol. The van der Waals surface area contributed by atoms with Gasteiger partial charge in [0.25, 0.3) is 0 Å². The first kappa shape index (κ1) is 20.5. The number of aryl methyl sites for hydroxylation is 2. The van der Waals surface area contributed by atoms with Gasteiger partial charge in [-0.15, -0.1) is 0 Å². The van der Waals surface area contributed by atoms with Crippen LogP contribution in [0.3, 0.4) is 0 Å². The maximum absolute atomic E-state index is 14.1. The number of carbonyl (C=O) groups excluding carboxylic acids is 1. The Bertz CT molecular complexity index is 1090. The van der Waals surface area contributed by atoms with Crippen LogP contribution in [0, 0.1) is 36.7 Å². The van der Waals surface area contributed by atoms with Crippen LogP contribution in [0.4, 0.5) is 15.8 Å². The second kappa shape index (κ2) is 8.00. The van der Waals surface area contributed by atoms with Crippen LogP contribution in [-0.4, -0.2) is 30.4 Å². The Morgan fingerprint density at radius 2 is 2.00 bits per heavy atom. The molecule has 0 aliphatic carbocycles. The van der Waals surface area contributed by atoms with Crippen molar-refractivity contribution in [3.05, 3.63) is 68.0 Å². The smallest absolute Gasteiger partial charge is 0.309 e. The van der Waals surface area contributed by atoms with Crippen LogP contribution < -0.4 is 5.32 Å². The van der Waals surface area contributed by atoms with Gasteiger partial charge in [-0.25, -0.2) is 4.39 Å². The quantitative estimate of drug-likeness (QED) is 0.485. The van der Waals surface area contributed by atoms with Crippen molar-refractivity contribution >= 4 is 28.9 Å². The van der Waals surface area contributed by atoms with Crippen LogP contribution in [-0.2, 0) is 17.9 Å². The van der Waals surface area contributed by atoms with Crippen LogP contribution in [0.15, 0.2) is 24.4 Å². The molecule has 0 fully saturated rings. The zero-order valence-corrected chi connectivity index (χ0v) is 16.7. The summed E-state index contributed by atoms with van der Waals surface area (Å²) >= 11 is 6.08. The average Bonchev–Trinajstić information content (AvgIpc) is 3.12. The van der Waals surface area contributed by atoms with Gasteiger partial charge >= 0.3 is 5.69 Å². The molecule has 0 unspecified atom stereocenters. The summed E-state index contributed by atoms with van der Waals surface area (Å²) in [4.78, 5) is 22.7. The van der Waals surface area contributed by atoms with E-state index >= 15 is 0 Å². The third-order valence-corrected chi connectivity index (χ3v) is 4.79. The number of amides is 1. The number of hydrogen-bond acceptors (Lipinski definition) is 5. The number of hydrogen-bond donors (Lipinski definition) is 1. The van der Waals surface area contributed by atoms with E-state index in [0.717, 1.165) is 0 Å². The van der Waals surface area contributed by atoms with Crippen molar-refractivity contribution in [2.75, 3.05) is 5.32 Å². The van der Waals surface area contributed by atoms with E-state index in [4.69, 9.17) is 11.6 Å². The molecule has 0 radical (unpaired) electrons. The minimum atomic E-state index is -0.553. The Balaban J connectivity index is 1.77. The van der Waals surface area contributed by atoms with Crippen molar-refractivity contribution in [3.63, 3.8) is 0 Å². The van der Waals surface area contributed by atoms with Gasteiger partial charge in [0.05, 0.1) is 28.5 Å². The number of carbonyl (C=O) groups is 1. The van der Waals surface area contributed by atoms with Gasteiger partial charge in [0.1, 0.15) is 24.3 Å². The highest BCUT2D eigenvalue weighted by atomic mass is 35.5. The topological polar surface area (TPSA) is 108 Å². The molecule has 29 heavy (non-hydrogen) atoms. The van der Waals surface area contributed by atoms with Crippen LogP contribution in [0.1, 0.15) is 22.6 Å². The molecule has 152 valence electrons. The lowest BCUT2D eigenvalue weighted by Gasteiger charge is -2.09. The fraction of sp³-hybridized carbons (Fsp3) is 0.278. The van der Waals surface area contributed by atoms with Gasteiger partial charge in [0.2, 0.25) is 5.91 Å². The normalized spacial score (nSPS) is 10.9. The predicted molar refractivity (Wildman–Crippen MR) is 104 cm³/mol. The molecule has 0 saturated heterocycles. The molecule has 0 bridgehead atoms. The Labute approximate surface area is 170 Å². The number of nitrogens with one attached hydrogen (secondary N) is 1. The molecule has 11 heteroatoms. The van der Waals surface area contributed by atoms with E-state index in [9.17, 15) is 19.3 Å². The van der Waals surface area contributed by atoms with E-state index in [1.54, 1.807) is 24.6 Å². The number of nitrogens with zero attached hydrogens (tertiary/aromatic N) is 5. The van der Waals surface area contributed by atoms with Crippen molar-refractivity contribution in [2.45, 2.75) is 33.9 Å². The molecule has 0 aliphatic heterocycles. The second-order valence-electron chi connectivity index (χ2n) is 6.51. The number of anilines is 1. The number of nitro groups is 1. The molecule has 1 N–H and O–H groups in total. The first-order valence-corrected chi connectivity index (χ1v) is 9.00. The molecule has 1 aromatic carbocycles. The molecule has 0 aliphatic rings. The summed E-state index contributed by atoms with van der Waals surface area (Å²) in [5.74, 6) is -0.858. The van der Waals surface area contributed by atoms with Gasteiger partial charge in [0.15, 0.2) is 0 Å². The summed E-state index contributed by atoms with van der Waals surface area (Å²) in [5, 5.41) is 22.3. The summed E-state index contributed by atoms with van der Waals surface area (Å²) in [5.41, 5.74) is 2.03. The highest BCUT2D eigenvalue weighted by Crippen LogP contribution is 2.24. The summed E-state index contributed by atoms with van der Waals surface area (Å²) in [7, 11) is 0. The minimum absolute atomic E-state index is 0.110. The Kier molecular flexibility index (Phi) is 5.64. The monoisotopic (exact) mass is 420 g/mol. The molecule has 9 nitrogen and oxygen atoms in total. The van der Waals surface area contributed by atoms with Crippen molar-refractivity contribution in [1.82, 2.24) is 19.6 Å². The van der Waals surface area contributed by atoms with E-state index in [1.165, 1.54) is 29.9 Å². The Morgan fingerprint density at radius 1 is 1.28 bits per heavy atom. The first-order chi connectivity index (χ1) is 13.7. The molecule has 0 spiro atoms. The van der Waals surface area contributed by atoms with Gasteiger partial charge in [-0.2, -0.15) is 10.2 Å². The van der Waals surface area contributed by atoms with Crippen molar-refractivity contribution in [2.24, 2.45) is 0 Å². The maximum Gasteiger partial charge on any atom is 0.309 e. The molecule has 2 heterocycles. The van der Waals surface area contributed by atoms with E-state index in [-0.39, 0.29) is 24.5 Å². The Hall–Kier alpha value is -3.27. The molecule has 2 aromatic heterocycles. The standard InChI is InChI=1S/C18H18ClFN6O3/c1-10-16(26(28)29)8-24(22-10)9-17(27)21-18-11(2)23-25(12(18)3)7-13-14(19)5-4-6-15(13)20/h4-6,8H,7,9H2,1-3H3,(H,21,27). The molecule has 0 saturated carbocycles. The van der Waals surface area contributed by atoms with Gasteiger partial charge in [-0.1, -0.05) is 17.7 Å². The molecular formula is C18H18ClFN6O3. The van der Waals surface area contributed by atoms with E-state index in [0.29, 0.717) is 27.7 Å². The fourth-order valence-corrected chi connectivity index (χ4v) is 3.18. The lowest BCUT2D eigenvalue weighted by Crippen LogP contribution is -2.20. The van der Waals surface area contributed by atoms with Crippen LogP contribution in [0.25, 0.3) is 0 Å². The lowest BCUT2D eigenvalue weighted by atomic mass is 10.2. The van der Waals surface area contributed by atoms with Gasteiger partial charge < -0.3 is 5.32 Å². The van der Waals surface area contributed by atoms with Crippen molar-refractivity contribution in [3.8, 4) is 0 Å². The number of halogens is 2. The van der Waals surface area contributed by atoms with Gasteiger partial charge in [0, 0.05) is 10.6 Å². The minimum Gasteiger partial charge on any atom is -0.321 e.